The van der Waals surface area contributed by atoms with Crippen molar-refractivity contribution in [3.8, 4) is 0 Å². The van der Waals surface area contributed by atoms with Crippen molar-refractivity contribution in [2.24, 2.45) is 5.11 Å². The van der Waals surface area contributed by atoms with Crippen LogP contribution in [-0.4, -0.2) is 31.9 Å². The highest BCUT2D eigenvalue weighted by atomic mass is 35.5. The fourth-order valence-corrected chi connectivity index (χ4v) is 4.79. The molecule has 17 heavy (non-hydrogen) atoms. The van der Waals surface area contributed by atoms with Crippen LogP contribution in [0.15, 0.2) is 21.5 Å². The first kappa shape index (κ1) is 12.7. The van der Waals surface area contributed by atoms with Crippen LogP contribution in [0, 0.1) is 0 Å². The molecular formula is C8H9ClN4O2S2. The Balaban J connectivity index is 2.21. The van der Waals surface area contributed by atoms with Gasteiger partial charge in [-0.2, -0.15) is 4.31 Å². The molecule has 0 spiro atoms. The number of hydrogen-bond donors (Lipinski definition) is 0. The third kappa shape index (κ3) is 2.56. The second-order valence-corrected chi connectivity index (χ2v) is 7.45. The molecule has 1 aliphatic heterocycles. The quantitative estimate of drug-likeness (QED) is 0.487. The molecule has 1 saturated heterocycles. The van der Waals surface area contributed by atoms with Crippen molar-refractivity contribution in [3.63, 3.8) is 0 Å². The summed E-state index contributed by atoms with van der Waals surface area (Å²) >= 11 is 6.75. The highest BCUT2D eigenvalue weighted by Crippen LogP contribution is 2.30. The van der Waals surface area contributed by atoms with Crippen molar-refractivity contribution in [1.29, 1.82) is 0 Å². The molecule has 0 amide bonds. The largest absolute Gasteiger partial charge is 0.252 e. The molecule has 9 heteroatoms. The van der Waals surface area contributed by atoms with E-state index < -0.39 is 10.0 Å². The lowest BCUT2D eigenvalue weighted by atomic mass is 10.3. The Morgan fingerprint density at radius 1 is 1.59 bits per heavy atom. The number of azide groups is 1. The van der Waals surface area contributed by atoms with Crippen molar-refractivity contribution in [1.82, 2.24) is 4.31 Å². The summed E-state index contributed by atoms with van der Waals surface area (Å²) in [6.45, 7) is 0.615. The average Bonchev–Trinajstić information content (AvgIpc) is 2.88. The van der Waals surface area contributed by atoms with Gasteiger partial charge in [-0.05, 0) is 24.1 Å². The van der Waals surface area contributed by atoms with E-state index in [4.69, 9.17) is 17.1 Å². The first-order valence-corrected chi connectivity index (χ1v) is 7.47. The Hall–Kier alpha value is -0.790. The van der Waals surface area contributed by atoms with Gasteiger partial charge in [0.2, 0.25) is 0 Å². The molecule has 92 valence electrons. The molecule has 1 aliphatic rings. The van der Waals surface area contributed by atoms with Gasteiger partial charge in [-0.3, -0.25) is 0 Å². The molecule has 1 aromatic heterocycles. The lowest BCUT2D eigenvalue weighted by Gasteiger charge is -2.13. The number of hydrogen-bond acceptors (Lipinski definition) is 4. The van der Waals surface area contributed by atoms with Gasteiger partial charge in [0.05, 0.1) is 10.4 Å². The molecule has 1 atom stereocenters. The van der Waals surface area contributed by atoms with Crippen LogP contribution < -0.4 is 0 Å². The van der Waals surface area contributed by atoms with Crippen molar-refractivity contribution in [2.75, 3.05) is 13.1 Å². The maximum Gasteiger partial charge on any atom is 0.252 e. The highest BCUT2D eigenvalue weighted by molar-refractivity contribution is 7.91. The molecule has 0 bridgehead atoms. The topological polar surface area (TPSA) is 86.1 Å². The van der Waals surface area contributed by atoms with Gasteiger partial charge in [-0.1, -0.05) is 16.7 Å². The molecule has 6 nitrogen and oxygen atoms in total. The van der Waals surface area contributed by atoms with Crippen molar-refractivity contribution < 1.29 is 8.42 Å². The lowest BCUT2D eigenvalue weighted by molar-refractivity contribution is 0.474. The Morgan fingerprint density at radius 3 is 2.94 bits per heavy atom. The number of nitrogens with zero attached hydrogens (tertiary/aromatic N) is 4. The monoisotopic (exact) mass is 292 g/mol. The first-order chi connectivity index (χ1) is 8.04. The standard InChI is InChI=1S/C8H9ClN4O2S2/c9-7-1-2-8(16-7)17(14,15)13-4-3-6(5-13)11-12-10/h1-2,6H,3-5H2. The summed E-state index contributed by atoms with van der Waals surface area (Å²) in [6.07, 6.45) is 0.558. The van der Waals surface area contributed by atoms with Crippen LogP contribution in [0.4, 0.5) is 0 Å². The minimum Gasteiger partial charge on any atom is -0.206 e. The van der Waals surface area contributed by atoms with Crippen LogP contribution in [0.3, 0.4) is 0 Å². The van der Waals surface area contributed by atoms with E-state index >= 15 is 0 Å². The van der Waals surface area contributed by atoms with Gasteiger partial charge < -0.3 is 0 Å². The van der Waals surface area contributed by atoms with Gasteiger partial charge in [0.15, 0.2) is 0 Å². The molecule has 0 saturated carbocycles. The Labute approximate surface area is 107 Å². The number of rotatable bonds is 3. The van der Waals surface area contributed by atoms with E-state index in [-0.39, 0.29) is 16.8 Å². The Bertz CT molecular complexity index is 564. The average molecular weight is 293 g/mol. The number of halogens is 1. The summed E-state index contributed by atoms with van der Waals surface area (Å²) < 4.78 is 26.3. The van der Waals surface area contributed by atoms with Crippen LogP contribution in [0.1, 0.15) is 6.42 Å². The lowest BCUT2D eigenvalue weighted by Crippen LogP contribution is -2.28. The van der Waals surface area contributed by atoms with Gasteiger partial charge >= 0.3 is 0 Å². The fraction of sp³-hybridized carbons (Fsp3) is 0.500. The summed E-state index contributed by atoms with van der Waals surface area (Å²) in [5.74, 6) is 0. The molecule has 1 fully saturated rings. The number of thiophene rings is 1. The van der Waals surface area contributed by atoms with Crippen molar-refractivity contribution >= 4 is 33.0 Å². The Morgan fingerprint density at radius 2 is 2.35 bits per heavy atom. The normalized spacial score (nSPS) is 21.4. The molecule has 1 aromatic rings. The van der Waals surface area contributed by atoms with E-state index in [1.54, 1.807) is 6.07 Å². The van der Waals surface area contributed by atoms with Gasteiger partial charge in [-0.25, -0.2) is 8.42 Å². The zero-order valence-corrected chi connectivity index (χ0v) is 11.0. The SMILES string of the molecule is [N-]=[N+]=NC1CCN(S(=O)(=O)c2ccc(Cl)s2)C1. The van der Waals surface area contributed by atoms with Gasteiger partial charge in [0.25, 0.3) is 10.0 Å². The zero-order chi connectivity index (χ0) is 12.5. The summed E-state index contributed by atoms with van der Waals surface area (Å²) in [5, 5.41) is 3.54. The summed E-state index contributed by atoms with van der Waals surface area (Å²) in [7, 11) is -3.48. The molecule has 0 N–H and O–H groups in total. The maximum absolute atomic E-state index is 12.1. The minimum atomic E-state index is -3.48. The van der Waals surface area contributed by atoms with Crippen molar-refractivity contribution in [2.45, 2.75) is 16.7 Å². The molecule has 2 rings (SSSR count). The Kier molecular flexibility index (Phi) is 3.60. The third-order valence-corrected chi connectivity index (χ3v) is 6.05. The summed E-state index contributed by atoms with van der Waals surface area (Å²) in [6, 6.07) is 2.77. The molecule has 0 aliphatic carbocycles. The summed E-state index contributed by atoms with van der Waals surface area (Å²) in [4.78, 5) is 2.70. The van der Waals surface area contributed by atoms with Gasteiger partial charge in [-0.15, -0.1) is 11.3 Å². The van der Waals surface area contributed by atoms with Crippen molar-refractivity contribution in [3.05, 3.63) is 26.9 Å². The molecular weight excluding hydrogens is 284 g/mol. The first-order valence-electron chi connectivity index (χ1n) is 4.84. The van der Waals surface area contributed by atoms with E-state index in [1.807, 2.05) is 0 Å². The molecule has 0 radical (unpaired) electrons. The van der Waals surface area contributed by atoms with Crippen LogP contribution in [-0.2, 0) is 10.0 Å². The minimum absolute atomic E-state index is 0.226. The maximum atomic E-state index is 12.1. The fourth-order valence-electron chi connectivity index (χ4n) is 1.66. The van der Waals surface area contributed by atoms with Crippen LogP contribution in [0.2, 0.25) is 4.34 Å². The van der Waals surface area contributed by atoms with Crippen LogP contribution in [0.25, 0.3) is 10.4 Å². The molecule has 1 unspecified atom stereocenters. The van der Waals surface area contributed by atoms with E-state index in [0.29, 0.717) is 17.3 Å². The van der Waals surface area contributed by atoms with Crippen LogP contribution >= 0.6 is 22.9 Å². The van der Waals surface area contributed by atoms with E-state index in [1.165, 1.54) is 10.4 Å². The second kappa shape index (κ2) is 4.83. The van der Waals surface area contributed by atoms with Crippen LogP contribution in [0.5, 0.6) is 0 Å². The number of sulfonamides is 1. The van der Waals surface area contributed by atoms with E-state index in [2.05, 4.69) is 10.0 Å². The summed E-state index contributed by atoms with van der Waals surface area (Å²) in [5.41, 5.74) is 8.31. The molecule has 0 aromatic carbocycles. The predicted molar refractivity (Wildman–Crippen MR) is 65.6 cm³/mol. The molecule has 2 heterocycles. The zero-order valence-electron chi connectivity index (χ0n) is 8.65. The van der Waals surface area contributed by atoms with E-state index in [0.717, 1.165) is 11.3 Å². The second-order valence-electron chi connectivity index (χ2n) is 3.57. The third-order valence-electron chi connectivity index (χ3n) is 2.48. The van der Waals surface area contributed by atoms with Gasteiger partial charge in [0, 0.05) is 18.0 Å². The predicted octanol–water partition coefficient (Wildman–Crippen LogP) is 2.47. The van der Waals surface area contributed by atoms with E-state index in [9.17, 15) is 8.42 Å². The van der Waals surface area contributed by atoms with Gasteiger partial charge in [0.1, 0.15) is 4.21 Å². The highest BCUT2D eigenvalue weighted by Gasteiger charge is 2.32. The smallest absolute Gasteiger partial charge is 0.206 e.